The Morgan fingerprint density at radius 3 is 2.79 bits per heavy atom. The summed E-state index contributed by atoms with van der Waals surface area (Å²) in [5.74, 6) is 0.583. The average Bonchev–Trinajstić information content (AvgIpc) is 2.42. The lowest BCUT2D eigenvalue weighted by Crippen LogP contribution is -2.60. The second-order valence-electron chi connectivity index (χ2n) is 6.47. The van der Waals surface area contributed by atoms with Crippen molar-refractivity contribution in [2.75, 3.05) is 13.2 Å². The Labute approximate surface area is 114 Å². The number of rotatable bonds is 1. The second kappa shape index (κ2) is 4.79. The topological polar surface area (TPSA) is 53.3 Å². The van der Waals surface area contributed by atoms with Gasteiger partial charge in [-0.3, -0.25) is 4.79 Å². The molecule has 0 N–H and O–H groups in total. The summed E-state index contributed by atoms with van der Waals surface area (Å²) < 4.78 is 5.80. The summed E-state index contributed by atoms with van der Waals surface area (Å²) in [6.07, 6.45) is 6.14. The first-order chi connectivity index (χ1) is 9.16. The highest BCUT2D eigenvalue weighted by Gasteiger charge is 2.53. The molecule has 1 heterocycles. The zero-order valence-electron chi connectivity index (χ0n) is 11.6. The van der Waals surface area contributed by atoms with E-state index in [1.807, 2.05) is 4.90 Å². The Hall–Kier alpha value is -1.08. The molecule has 4 nitrogen and oxygen atoms in total. The summed E-state index contributed by atoms with van der Waals surface area (Å²) in [4.78, 5) is 14.8. The number of nitriles is 1. The van der Waals surface area contributed by atoms with Gasteiger partial charge in [0, 0.05) is 6.54 Å². The lowest BCUT2D eigenvalue weighted by atomic mass is 9.62. The Kier molecular flexibility index (Phi) is 3.26. The molecule has 104 valence electrons. The van der Waals surface area contributed by atoms with E-state index in [1.54, 1.807) is 0 Å². The smallest absolute Gasteiger partial charge is 0.243 e. The largest absolute Gasteiger partial charge is 0.374 e. The highest BCUT2D eigenvalue weighted by atomic mass is 16.5. The van der Waals surface area contributed by atoms with Gasteiger partial charge in [0.25, 0.3) is 0 Å². The van der Waals surface area contributed by atoms with E-state index in [9.17, 15) is 10.1 Å². The fraction of sp³-hybridized carbons (Fsp3) is 0.867. The zero-order chi connectivity index (χ0) is 13.5. The van der Waals surface area contributed by atoms with Crippen molar-refractivity contribution in [1.82, 2.24) is 4.90 Å². The summed E-state index contributed by atoms with van der Waals surface area (Å²) in [7, 11) is 0. The summed E-state index contributed by atoms with van der Waals surface area (Å²) in [6.45, 7) is 3.41. The van der Waals surface area contributed by atoms with Gasteiger partial charge in [-0.05, 0) is 31.6 Å². The fourth-order valence-electron chi connectivity index (χ4n) is 4.07. The second-order valence-corrected chi connectivity index (χ2v) is 6.47. The van der Waals surface area contributed by atoms with Crippen molar-refractivity contribution in [2.24, 2.45) is 11.3 Å². The summed E-state index contributed by atoms with van der Waals surface area (Å²) in [5.41, 5.74) is -0.723. The summed E-state index contributed by atoms with van der Waals surface area (Å²) >= 11 is 0. The number of carbonyl (C=O) groups excluding carboxylic acids is 1. The van der Waals surface area contributed by atoms with Gasteiger partial charge >= 0.3 is 0 Å². The minimum atomic E-state index is -0.723. The van der Waals surface area contributed by atoms with E-state index in [2.05, 4.69) is 13.0 Å². The van der Waals surface area contributed by atoms with Crippen LogP contribution in [0.15, 0.2) is 0 Å². The third-order valence-electron chi connectivity index (χ3n) is 5.01. The number of nitrogens with zero attached hydrogens (tertiary/aromatic N) is 2. The minimum absolute atomic E-state index is 0.0771. The molecule has 19 heavy (non-hydrogen) atoms. The van der Waals surface area contributed by atoms with Crippen LogP contribution in [-0.4, -0.2) is 36.1 Å². The lowest BCUT2D eigenvalue weighted by molar-refractivity contribution is -0.162. The van der Waals surface area contributed by atoms with Gasteiger partial charge in [0.05, 0.1) is 24.8 Å². The number of ether oxygens (including phenoxy) is 1. The molecule has 0 aromatic heterocycles. The standard InChI is InChI=1S/C15H22N2O2/c1-11-8-15(9-11,10-16)14(18)17-6-7-19-13-5-3-2-4-12(13)17/h11-13H,2-9H2,1H3. The first kappa shape index (κ1) is 12.9. The highest BCUT2D eigenvalue weighted by molar-refractivity contribution is 5.87. The van der Waals surface area contributed by atoms with Crippen molar-refractivity contribution in [3.05, 3.63) is 0 Å². The maximum absolute atomic E-state index is 12.8. The third-order valence-corrected chi connectivity index (χ3v) is 5.01. The van der Waals surface area contributed by atoms with Crippen LogP contribution in [0.1, 0.15) is 45.4 Å². The van der Waals surface area contributed by atoms with Gasteiger partial charge in [-0.15, -0.1) is 0 Å². The Morgan fingerprint density at radius 2 is 2.11 bits per heavy atom. The van der Waals surface area contributed by atoms with Gasteiger partial charge < -0.3 is 9.64 Å². The molecule has 2 aliphatic carbocycles. The molecule has 2 unspecified atom stereocenters. The van der Waals surface area contributed by atoms with Gasteiger partial charge in [-0.1, -0.05) is 19.8 Å². The van der Waals surface area contributed by atoms with E-state index >= 15 is 0 Å². The van der Waals surface area contributed by atoms with Crippen molar-refractivity contribution in [2.45, 2.75) is 57.6 Å². The predicted octanol–water partition coefficient (Wildman–Crippen LogP) is 2.10. The van der Waals surface area contributed by atoms with Crippen LogP contribution in [0.2, 0.25) is 0 Å². The number of fused-ring (bicyclic) bond motifs is 1. The first-order valence-corrected chi connectivity index (χ1v) is 7.50. The number of amides is 1. The van der Waals surface area contributed by atoms with Crippen molar-refractivity contribution in [1.29, 1.82) is 5.26 Å². The molecule has 1 amide bonds. The average molecular weight is 262 g/mol. The zero-order valence-corrected chi connectivity index (χ0v) is 11.6. The van der Waals surface area contributed by atoms with E-state index in [0.29, 0.717) is 19.1 Å². The molecule has 3 rings (SSSR count). The first-order valence-electron chi connectivity index (χ1n) is 7.50. The van der Waals surface area contributed by atoms with Crippen molar-refractivity contribution in [3.63, 3.8) is 0 Å². The normalized spacial score (nSPS) is 41.9. The monoisotopic (exact) mass is 262 g/mol. The molecule has 0 aromatic rings. The molecule has 1 aliphatic heterocycles. The molecule has 3 aliphatic rings. The van der Waals surface area contributed by atoms with Crippen LogP contribution in [-0.2, 0) is 9.53 Å². The Morgan fingerprint density at radius 1 is 1.37 bits per heavy atom. The van der Waals surface area contributed by atoms with E-state index < -0.39 is 5.41 Å². The number of hydrogen-bond donors (Lipinski definition) is 0. The van der Waals surface area contributed by atoms with Crippen LogP contribution in [0, 0.1) is 22.7 Å². The van der Waals surface area contributed by atoms with Gasteiger partial charge in [0.1, 0.15) is 5.41 Å². The van der Waals surface area contributed by atoms with Crippen molar-refractivity contribution >= 4 is 5.91 Å². The maximum atomic E-state index is 12.8. The maximum Gasteiger partial charge on any atom is 0.243 e. The molecule has 0 spiro atoms. The van der Waals surface area contributed by atoms with Crippen LogP contribution < -0.4 is 0 Å². The lowest BCUT2D eigenvalue weighted by Gasteiger charge is -2.49. The number of morpholine rings is 1. The molecule has 0 aromatic carbocycles. The molecule has 2 atom stereocenters. The molecule has 4 heteroatoms. The van der Waals surface area contributed by atoms with Gasteiger partial charge in [-0.2, -0.15) is 5.26 Å². The molecule has 1 saturated heterocycles. The van der Waals surface area contributed by atoms with E-state index in [-0.39, 0.29) is 18.1 Å². The molecule has 2 saturated carbocycles. The van der Waals surface area contributed by atoms with E-state index in [0.717, 1.165) is 25.7 Å². The van der Waals surface area contributed by atoms with Crippen LogP contribution >= 0.6 is 0 Å². The summed E-state index contributed by atoms with van der Waals surface area (Å²) in [6, 6.07) is 2.52. The van der Waals surface area contributed by atoms with E-state index in [4.69, 9.17) is 4.74 Å². The SMILES string of the molecule is CC1CC(C#N)(C(=O)N2CCOC3CCCCC32)C1. The van der Waals surface area contributed by atoms with Gasteiger partial charge in [0.15, 0.2) is 0 Å². The Balaban J connectivity index is 1.77. The van der Waals surface area contributed by atoms with Crippen LogP contribution in [0.5, 0.6) is 0 Å². The van der Waals surface area contributed by atoms with Crippen LogP contribution in [0.4, 0.5) is 0 Å². The predicted molar refractivity (Wildman–Crippen MR) is 70.2 cm³/mol. The Bertz CT molecular complexity index is 407. The minimum Gasteiger partial charge on any atom is -0.374 e. The van der Waals surface area contributed by atoms with E-state index in [1.165, 1.54) is 12.8 Å². The molecular weight excluding hydrogens is 240 g/mol. The van der Waals surface area contributed by atoms with Gasteiger partial charge in [0.2, 0.25) is 5.91 Å². The van der Waals surface area contributed by atoms with Crippen molar-refractivity contribution in [3.8, 4) is 6.07 Å². The van der Waals surface area contributed by atoms with Crippen molar-refractivity contribution < 1.29 is 9.53 Å². The van der Waals surface area contributed by atoms with Crippen LogP contribution in [0.3, 0.4) is 0 Å². The van der Waals surface area contributed by atoms with Crippen LogP contribution in [0.25, 0.3) is 0 Å². The third kappa shape index (κ3) is 2.04. The van der Waals surface area contributed by atoms with Gasteiger partial charge in [-0.25, -0.2) is 0 Å². The summed E-state index contributed by atoms with van der Waals surface area (Å²) in [5, 5.41) is 9.42. The number of carbonyl (C=O) groups is 1. The molecule has 3 fully saturated rings. The molecule has 0 radical (unpaired) electrons. The fourth-order valence-corrected chi connectivity index (χ4v) is 4.07. The molecular formula is C15H22N2O2. The number of hydrogen-bond acceptors (Lipinski definition) is 3. The molecule has 0 bridgehead atoms. The highest BCUT2D eigenvalue weighted by Crippen LogP contribution is 2.47. The quantitative estimate of drug-likeness (QED) is 0.727.